The second-order valence-corrected chi connectivity index (χ2v) is 11.8. The summed E-state index contributed by atoms with van der Waals surface area (Å²) in [4.78, 5) is 50.9. The van der Waals surface area contributed by atoms with E-state index in [1.54, 1.807) is 19.9 Å². The Morgan fingerprint density at radius 2 is 1.33 bits per heavy atom. The van der Waals surface area contributed by atoms with Crippen molar-refractivity contribution in [2.45, 2.75) is 136 Å². The summed E-state index contributed by atoms with van der Waals surface area (Å²) in [5, 5.41) is 19.9. The Kier molecular flexibility index (Phi) is 16.6. The maximum atomic E-state index is 13.0. The molecule has 1 aliphatic heterocycles. The monoisotopic (exact) mass is 584 g/mol. The molecule has 1 atom stereocenters. The lowest BCUT2D eigenvalue weighted by molar-refractivity contribution is -0.153. The average molecular weight is 585 g/mol. The van der Waals surface area contributed by atoms with Crippen LogP contribution in [0, 0.1) is 5.92 Å². The number of carbonyl (C=O) groups excluding carboxylic acids is 3. The summed E-state index contributed by atoms with van der Waals surface area (Å²) in [6, 6.07) is 3.33. The van der Waals surface area contributed by atoms with E-state index in [0.717, 1.165) is 19.3 Å². The van der Waals surface area contributed by atoms with Crippen LogP contribution in [0.15, 0.2) is 28.4 Å². The lowest BCUT2D eigenvalue weighted by atomic mass is 10.0. The zero-order chi connectivity index (χ0) is 30.7. The van der Waals surface area contributed by atoms with Gasteiger partial charge in [-0.3, -0.25) is 14.4 Å². The van der Waals surface area contributed by atoms with E-state index >= 15 is 0 Å². The molecular weight excluding hydrogens is 532 g/mol. The number of hydrogen-bond acceptors (Lipinski definition) is 5. The van der Waals surface area contributed by atoms with Gasteiger partial charge in [-0.2, -0.15) is 0 Å². The van der Waals surface area contributed by atoms with E-state index in [1.165, 1.54) is 94.1 Å². The van der Waals surface area contributed by atoms with Crippen LogP contribution in [-0.4, -0.2) is 46.3 Å². The Balaban J connectivity index is 1.70. The zero-order valence-electron chi connectivity index (χ0n) is 26.0. The first kappa shape index (κ1) is 35.1. The van der Waals surface area contributed by atoms with Crippen molar-refractivity contribution in [2.75, 3.05) is 11.9 Å². The Hall–Kier alpha value is -3.10. The van der Waals surface area contributed by atoms with Crippen LogP contribution in [0.2, 0.25) is 0 Å². The third-order valence-corrected chi connectivity index (χ3v) is 7.83. The number of carboxylic acid groups (broad SMARTS) is 1. The molecule has 3 amide bonds. The van der Waals surface area contributed by atoms with Gasteiger partial charge in [0.05, 0.1) is 12.0 Å². The lowest BCUT2D eigenvalue weighted by Crippen LogP contribution is -2.48. The van der Waals surface area contributed by atoms with Crippen LogP contribution < -0.4 is 5.32 Å². The SMILES string of the molecule is CCCCCCCCCCCCCCCCCCN(C(=O)C(C)C)C(CC(=O)Nc1ccc2c(c1)N=NC2=O)C(=O)O. The van der Waals surface area contributed by atoms with Gasteiger partial charge in [-0.1, -0.05) is 117 Å². The molecule has 234 valence electrons. The second-order valence-electron chi connectivity index (χ2n) is 11.8. The van der Waals surface area contributed by atoms with Crippen LogP contribution in [0.3, 0.4) is 0 Å². The van der Waals surface area contributed by atoms with E-state index in [9.17, 15) is 24.3 Å². The number of benzene rings is 1. The van der Waals surface area contributed by atoms with Crippen LogP contribution in [0.4, 0.5) is 11.4 Å². The molecule has 2 rings (SSSR count). The van der Waals surface area contributed by atoms with Crippen molar-refractivity contribution in [1.82, 2.24) is 4.90 Å². The number of unbranched alkanes of at least 4 members (excludes halogenated alkanes) is 15. The molecule has 1 unspecified atom stereocenters. The number of carboxylic acids is 1. The summed E-state index contributed by atoms with van der Waals surface area (Å²) in [5.41, 5.74) is 1.09. The van der Waals surface area contributed by atoms with Gasteiger partial charge in [-0.15, -0.1) is 10.2 Å². The number of carbonyl (C=O) groups is 4. The molecule has 0 radical (unpaired) electrons. The van der Waals surface area contributed by atoms with Crippen LogP contribution in [0.5, 0.6) is 0 Å². The maximum absolute atomic E-state index is 13.0. The number of fused-ring (bicyclic) bond motifs is 1. The van der Waals surface area contributed by atoms with E-state index in [2.05, 4.69) is 22.5 Å². The molecule has 0 bridgehead atoms. The van der Waals surface area contributed by atoms with Gasteiger partial charge in [0.25, 0.3) is 5.91 Å². The summed E-state index contributed by atoms with van der Waals surface area (Å²) < 4.78 is 0. The molecule has 1 aliphatic rings. The van der Waals surface area contributed by atoms with Crippen molar-refractivity contribution in [2.24, 2.45) is 16.1 Å². The van der Waals surface area contributed by atoms with Crippen LogP contribution in [0.1, 0.15) is 140 Å². The minimum absolute atomic E-state index is 0.271. The van der Waals surface area contributed by atoms with Crippen molar-refractivity contribution < 1.29 is 24.3 Å². The fourth-order valence-electron chi connectivity index (χ4n) is 5.33. The molecule has 0 fully saturated rings. The van der Waals surface area contributed by atoms with Gasteiger partial charge >= 0.3 is 5.97 Å². The summed E-state index contributed by atoms with van der Waals surface area (Å²) in [6.07, 6.45) is 19.4. The summed E-state index contributed by atoms with van der Waals surface area (Å²) in [7, 11) is 0. The molecule has 9 heteroatoms. The Morgan fingerprint density at radius 1 is 0.810 bits per heavy atom. The molecule has 0 spiro atoms. The molecule has 0 aliphatic carbocycles. The standard InChI is InChI=1S/C33H52N4O5/c1-4-5-6-7-8-9-10-11-12-13-14-15-16-17-18-19-22-37(32(40)25(2)3)29(33(41)42)24-30(38)34-26-20-21-27-28(23-26)35-36-31(27)39/h20-21,23,25,29H,4-19,22,24H2,1-3H3,(H,34,38)(H,41,42). The van der Waals surface area contributed by atoms with Crippen molar-refractivity contribution in [3.8, 4) is 0 Å². The highest BCUT2D eigenvalue weighted by molar-refractivity contribution is 6.03. The molecule has 0 saturated carbocycles. The first-order chi connectivity index (χ1) is 20.2. The number of aliphatic carboxylic acids is 1. The van der Waals surface area contributed by atoms with E-state index in [4.69, 9.17) is 0 Å². The van der Waals surface area contributed by atoms with Crippen molar-refractivity contribution in [3.63, 3.8) is 0 Å². The van der Waals surface area contributed by atoms with Crippen molar-refractivity contribution in [1.29, 1.82) is 0 Å². The summed E-state index contributed by atoms with van der Waals surface area (Å²) >= 11 is 0. The molecule has 42 heavy (non-hydrogen) atoms. The summed E-state index contributed by atoms with van der Waals surface area (Å²) in [6.45, 7) is 6.04. The first-order valence-corrected chi connectivity index (χ1v) is 16.2. The Labute approximate surface area is 251 Å². The minimum atomic E-state index is -1.26. The number of nitrogens with zero attached hydrogens (tertiary/aromatic N) is 3. The van der Waals surface area contributed by atoms with Gasteiger partial charge in [0.15, 0.2) is 0 Å². The second kappa shape index (κ2) is 19.9. The molecule has 2 N–H and O–H groups in total. The van der Waals surface area contributed by atoms with Gasteiger partial charge < -0.3 is 15.3 Å². The van der Waals surface area contributed by atoms with E-state index < -0.39 is 23.8 Å². The third kappa shape index (κ3) is 12.8. The van der Waals surface area contributed by atoms with Gasteiger partial charge in [0, 0.05) is 18.2 Å². The first-order valence-electron chi connectivity index (χ1n) is 16.2. The van der Waals surface area contributed by atoms with Gasteiger partial charge in [-0.25, -0.2) is 4.79 Å². The predicted molar refractivity (Wildman–Crippen MR) is 166 cm³/mol. The van der Waals surface area contributed by atoms with Crippen molar-refractivity contribution in [3.05, 3.63) is 23.8 Å². The van der Waals surface area contributed by atoms with E-state index in [0.29, 0.717) is 29.9 Å². The predicted octanol–water partition coefficient (Wildman–Crippen LogP) is 8.45. The van der Waals surface area contributed by atoms with E-state index in [1.807, 2.05) is 0 Å². The van der Waals surface area contributed by atoms with E-state index in [-0.39, 0.29) is 18.2 Å². The summed E-state index contributed by atoms with van der Waals surface area (Å²) in [5.74, 6) is -2.82. The molecule has 1 heterocycles. The highest BCUT2D eigenvalue weighted by atomic mass is 16.4. The van der Waals surface area contributed by atoms with Gasteiger partial charge in [0.2, 0.25) is 11.8 Å². The number of rotatable bonds is 23. The third-order valence-electron chi connectivity index (χ3n) is 7.83. The Bertz CT molecular complexity index is 1040. The normalized spacial score (nSPS) is 12.9. The zero-order valence-corrected chi connectivity index (χ0v) is 26.0. The van der Waals surface area contributed by atoms with Gasteiger partial charge in [0.1, 0.15) is 11.7 Å². The smallest absolute Gasteiger partial charge is 0.326 e. The number of nitrogens with one attached hydrogen (secondary N) is 1. The average Bonchev–Trinajstić information content (AvgIpc) is 3.33. The Morgan fingerprint density at radius 3 is 1.83 bits per heavy atom. The number of hydrogen-bond donors (Lipinski definition) is 2. The molecule has 1 aromatic rings. The highest BCUT2D eigenvalue weighted by Gasteiger charge is 2.32. The maximum Gasteiger partial charge on any atom is 0.326 e. The molecule has 0 aromatic heterocycles. The molecule has 9 nitrogen and oxygen atoms in total. The quantitative estimate of drug-likeness (QED) is 0.125. The topological polar surface area (TPSA) is 128 Å². The minimum Gasteiger partial charge on any atom is -0.480 e. The number of amides is 3. The van der Waals surface area contributed by atoms with Crippen LogP contribution >= 0.6 is 0 Å². The number of anilines is 1. The fraction of sp³-hybridized carbons (Fsp3) is 0.697. The fourth-order valence-corrected chi connectivity index (χ4v) is 5.33. The number of azo groups is 1. The molecule has 0 saturated heterocycles. The van der Waals surface area contributed by atoms with Crippen LogP contribution in [0.25, 0.3) is 0 Å². The van der Waals surface area contributed by atoms with Crippen molar-refractivity contribution >= 4 is 35.1 Å². The largest absolute Gasteiger partial charge is 0.480 e. The molecular formula is C33H52N4O5. The van der Waals surface area contributed by atoms with Gasteiger partial charge in [-0.05, 0) is 24.6 Å². The highest BCUT2D eigenvalue weighted by Crippen LogP contribution is 2.29. The lowest BCUT2D eigenvalue weighted by Gasteiger charge is -2.30. The molecule has 1 aromatic carbocycles. The van der Waals surface area contributed by atoms with Crippen LogP contribution in [-0.2, 0) is 14.4 Å².